The van der Waals surface area contributed by atoms with Crippen molar-refractivity contribution >= 4 is 22.9 Å². The average molecular weight is 519 g/mol. The quantitative estimate of drug-likeness (QED) is 0.358. The third-order valence-corrected chi connectivity index (χ3v) is 8.66. The lowest BCUT2D eigenvalue weighted by Crippen LogP contribution is -2.38. The molecule has 1 aromatic carbocycles. The van der Waals surface area contributed by atoms with Crippen LogP contribution in [-0.4, -0.2) is 56.3 Å². The number of para-hydroxylation sites is 1. The molecule has 0 atom stereocenters. The Labute approximate surface area is 225 Å². The summed E-state index contributed by atoms with van der Waals surface area (Å²) in [5, 5.41) is 5.93. The van der Waals surface area contributed by atoms with Crippen LogP contribution in [0.2, 0.25) is 0 Å². The highest BCUT2D eigenvalue weighted by molar-refractivity contribution is 5.84. The van der Waals surface area contributed by atoms with E-state index in [4.69, 9.17) is 25.4 Å². The number of hydrazine groups is 1. The zero-order valence-electron chi connectivity index (χ0n) is 22.4. The largest absolute Gasteiger partial charge is 0.494 e. The number of nitrogens with two attached hydrogens (primary N) is 1. The Morgan fingerprint density at radius 1 is 0.921 bits per heavy atom. The van der Waals surface area contributed by atoms with Crippen molar-refractivity contribution in [2.45, 2.75) is 88.8 Å². The number of nitrogens with one attached hydrogen (secondary N) is 2. The Bertz CT molecular complexity index is 1160. The first-order valence-electron chi connectivity index (χ1n) is 14.7. The molecule has 3 aromatic rings. The number of hydrogen-bond acceptors (Lipinski definition) is 8. The van der Waals surface area contributed by atoms with Crippen LogP contribution in [0.4, 0.5) is 11.8 Å². The molecule has 0 amide bonds. The Morgan fingerprint density at radius 3 is 2.45 bits per heavy atom. The van der Waals surface area contributed by atoms with E-state index in [9.17, 15) is 0 Å². The number of piperidine rings is 1. The third-order valence-electron chi connectivity index (χ3n) is 8.66. The fraction of sp³-hybridized carbons (Fsp3) is 0.621. The number of benzene rings is 1. The van der Waals surface area contributed by atoms with Gasteiger partial charge < -0.3 is 25.8 Å². The summed E-state index contributed by atoms with van der Waals surface area (Å²) in [6.07, 6.45) is 14.5. The van der Waals surface area contributed by atoms with Crippen molar-refractivity contribution in [3.05, 3.63) is 36.7 Å². The minimum absolute atomic E-state index is 0.324. The third kappa shape index (κ3) is 6.04. The van der Waals surface area contributed by atoms with Gasteiger partial charge in [-0.25, -0.2) is 9.99 Å². The molecule has 1 aliphatic heterocycles. The smallest absolute Gasteiger partial charge is 0.227 e. The maximum atomic E-state index is 6.14. The molecule has 1 saturated heterocycles. The van der Waals surface area contributed by atoms with Gasteiger partial charge in [0.1, 0.15) is 5.75 Å². The van der Waals surface area contributed by atoms with Gasteiger partial charge in [-0.05, 0) is 75.8 Å². The van der Waals surface area contributed by atoms with Crippen LogP contribution in [0.5, 0.6) is 5.75 Å². The number of nitrogens with zero attached hydrogens (tertiary/aromatic N) is 5. The predicted molar refractivity (Wildman–Crippen MR) is 151 cm³/mol. The van der Waals surface area contributed by atoms with E-state index in [1.165, 1.54) is 25.7 Å². The second kappa shape index (κ2) is 11.9. The van der Waals surface area contributed by atoms with Gasteiger partial charge in [-0.3, -0.25) is 0 Å². The van der Waals surface area contributed by atoms with Crippen molar-refractivity contribution in [2.75, 3.05) is 30.4 Å². The van der Waals surface area contributed by atoms with Crippen molar-refractivity contribution in [1.82, 2.24) is 24.5 Å². The van der Waals surface area contributed by atoms with Gasteiger partial charge in [-0.1, -0.05) is 31.0 Å². The summed E-state index contributed by atoms with van der Waals surface area (Å²) < 4.78 is 8.22. The zero-order valence-corrected chi connectivity index (χ0v) is 22.4. The predicted octanol–water partition coefficient (Wildman–Crippen LogP) is 5.13. The maximum absolute atomic E-state index is 6.14. The summed E-state index contributed by atoms with van der Waals surface area (Å²) >= 11 is 0. The van der Waals surface area contributed by atoms with Crippen molar-refractivity contribution < 1.29 is 4.74 Å². The second-order valence-electron chi connectivity index (χ2n) is 11.4. The van der Waals surface area contributed by atoms with Gasteiger partial charge in [0.05, 0.1) is 12.9 Å². The van der Waals surface area contributed by atoms with E-state index in [1.54, 1.807) is 0 Å². The molecule has 204 valence electrons. The van der Waals surface area contributed by atoms with E-state index >= 15 is 0 Å². The van der Waals surface area contributed by atoms with Gasteiger partial charge in [0, 0.05) is 31.2 Å². The Kier molecular flexibility index (Phi) is 7.92. The Hall–Kier alpha value is -2.91. The summed E-state index contributed by atoms with van der Waals surface area (Å²) in [7, 11) is 0. The van der Waals surface area contributed by atoms with Crippen LogP contribution >= 0.6 is 0 Å². The molecule has 0 bridgehead atoms. The normalized spacial score (nSPS) is 23.6. The van der Waals surface area contributed by atoms with Gasteiger partial charge in [0.2, 0.25) is 5.95 Å². The minimum Gasteiger partial charge on any atom is -0.494 e. The van der Waals surface area contributed by atoms with E-state index in [0.717, 1.165) is 87.4 Å². The highest BCUT2D eigenvalue weighted by Crippen LogP contribution is 2.34. The molecule has 9 heteroatoms. The van der Waals surface area contributed by atoms with Crippen LogP contribution < -0.4 is 21.2 Å². The van der Waals surface area contributed by atoms with Crippen LogP contribution in [-0.2, 0) is 0 Å². The zero-order chi connectivity index (χ0) is 25.7. The van der Waals surface area contributed by atoms with Crippen molar-refractivity contribution in [2.24, 2.45) is 11.7 Å². The molecule has 6 rings (SSSR count). The topological polar surface area (TPSA) is 106 Å². The van der Waals surface area contributed by atoms with Crippen LogP contribution in [0.1, 0.15) is 76.7 Å². The molecule has 38 heavy (non-hydrogen) atoms. The van der Waals surface area contributed by atoms with Crippen molar-refractivity contribution in [3.63, 3.8) is 0 Å². The van der Waals surface area contributed by atoms with Gasteiger partial charge in [-0.15, -0.1) is 0 Å². The van der Waals surface area contributed by atoms with E-state index in [1.807, 2.05) is 36.7 Å². The summed E-state index contributed by atoms with van der Waals surface area (Å²) in [6.45, 7) is 2.73. The maximum Gasteiger partial charge on any atom is 0.227 e. The standard InChI is InChI=1S/C29H42N8O/c30-22-10-12-23(13-11-22)32-29-33-27(26-28(34-29)37(20-31-26)24-6-4-5-7-24)35-36-17-14-21(15-18-36)16-19-38-25-8-2-1-3-9-25/h1-3,8-9,20-24H,4-7,10-19,30H2,(H2,32,33,34,35)/t22-,23-. The highest BCUT2D eigenvalue weighted by atomic mass is 16.5. The average Bonchev–Trinajstić information content (AvgIpc) is 3.62. The van der Waals surface area contributed by atoms with Crippen LogP contribution in [0.15, 0.2) is 36.7 Å². The molecular formula is C29H42N8O. The van der Waals surface area contributed by atoms with Crippen LogP contribution in [0.3, 0.4) is 0 Å². The molecule has 3 fully saturated rings. The van der Waals surface area contributed by atoms with Crippen molar-refractivity contribution in [3.8, 4) is 5.75 Å². The number of hydrogen-bond donors (Lipinski definition) is 3. The molecule has 2 saturated carbocycles. The Morgan fingerprint density at radius 2 is 1.68 bits per heavy atom. The van der Waals surface area contributed by atoms with Crippen molar-refractivity contribution in [1.29, 1.82) is 0 Å². The second-order valence-corrected chi connectivity index (χ2v) is 11.4. The number of anilines is 2. The van der Waals surface area contributed by atoms with Crippen LogP contribution in [0.25, 0.3) is 11.2 Å². The molecule has 2 aromatic heterocycles. The van der Waals surface area contributed by atoms with Gasteiger partial charge in [0.15, 0.2) is 17.0 Å². The molecule has 0 radical (unpaired) electrons. The molecule has 9 nitrogen and oxygen atoms in total. The molecule has 2 aliphatic carbocycles. The summed E-state index contributed by atoms with van der Waals surface area (Å²) in [6, 6.07) is 11.3. The summed E-state index contributed by atoms with van der Waals surface area (Å²) in [4.78, 5) is 14.7. The molecular weight excluding hydrogens is 476 g/mol. The minimum atomic E-state index is 0.324. The van der Waals surface area contributed by atoms with E-state index in [2.05, 4.69) is 20.3 Å². The molecule has 0 spiro atoms. The van der Waals surface area contributed by atoms with E-state index in [0.29, 0.717) is 30.0 Å². The first-order valence-corrected chi connectivity index (χ1v) is 14.7. The molecule has 3 heterocycles. The lowest BCUT2D eigenvalue weighted by Gasteiger charge is -2.32. The number of aromatic nitrogens is 4. The van der Waals surface area contributed by atoms with E-state index in [-0.39, 0.29) is 0 Å². The first kappa shape index (κ1) is 25.4. The van der Waals surface area contributed by atoms with Gasteiger partial charge in [0.25, 0.3) is 0 Å². The lowest BCUT2D eigenvalue weighted by molar-refractivity contribution is 0.186. The monoisotopic (exact) mass is 518 g/mol. The first-order chi connectivity index (χ1) is 18.7. The summed E-state index contributed by atoms with van der Waals surface area (Å²) in [5.74, 6) is 3.15. The SMILES string of the molecule is N[C@H]1CC[C@H](Nc2nc(NN3CCC(CCOc4ccccc4)CC3)c3ncn(C4CCCC4)c3n2)CC1. The summed E-state index contributed by atoms with van der Waals surface area (Å²) in [5.41, 5.74) is 11.6. The number of rotatable bonds is 9. The molecule has 4 N–H and O–H groups in total. The van der Waals surface area contributed by atoms with Crippen LogP contribution in [0, 0.1) is 5.92 Å². The molecule has 3 aliphatic rings. The fourth-order valence-corrected chi connectivity index (χ4v) is 6.30. The van der Waals surface area contributed by atoms with Gasteiger partial charge in [-0.2, -0.15) is 9.97 Å². The Balaban J connectivity index is 1.12. The fourth-order valence-electron chi connectivity index (χ4n) is 6.30. The number of imidazole rings is 1. The highest BCUT2D eigenvalue weighted by Gasteiger charge is 2.25. The lowest BCUT2D eigenvalue weighted by atomic mass is 9.92. The van der Waals surface area contributed by atoms with Gasteiger partial charge >= 0.3 is 0 Å². The molecule has 0 unspecified atom stereocenters. The number of ether oxygens (including phenoxy) is 1. The van der Waals surface area contributed by atoms with E-state index < -0.39 is 0 Å². The number of fused-ring (bicyclic) bond motifs is 1.